The molecule has 0 atom stereocenters. The van der Waals surface area contributed by atoms with Crippen molar-refractivity contribution >= 4 is 23.1 Å². The van der Waals surface area contributed by atoms with E-state index in [0.717, 1.165) is 30.0 Å². The van der Waals surface area contributed by atoms with Gasteiger partial charge in [-0.3, -0.25) is 4.79 Å². The lowest BCUT2D eigenvalue weighted by Crippen LogP contribution is -2.03. The zero-order valence-corrected chi connectivity index (χ0v) is 11.4. The van der Waals surface area contributed by atoms with Crippen molar-refractivity contribution in [3.8, 4) is 10.7 Å². The lowest BCUT2D eigenvalue weighted by atomic mass is 10.3. The number of Topliss-reactive ketones (excluding diaryl/α,β-unsaturated/α-hetero) is 1. The van der Waals surface area contributed by atoms with Crippen molar-refractivity contribution in [2.24, 2.45) is 0 Å². The third-order valence-corrected chi connectivity index (χ3v) is 3.72. The largest absolute Gasteiger partial charge is 0.476 e. The molecule has 0 aliphatic heterocycles. The maximum atomic E-state index is 11.4. The second kappa shape index (κ2) is 5.31. The second-order valence-corrected chi connectivity index (χ2v) is 5.03. The minimum absolute atomic E-state index is 0.173. The Morgan fingerprint density at radius 1 is 1.47 bits per heavy atom. The summed E-state index contributed by atoms with van der Waals surface area (Å²) in [5.74, 6) is -1.48. The van der Waals surface area contributed by atoms with E-state index in [0.29, 0.717) is 5.01 Å². The topological polar surface area (TPSA) is 85.1 Å². The Kier molecular flexibility index (Phi) is 3.75. The number of rotatable bonds is 5. The van der Waals surface area contributed by atoms with Crippen LogP contribution in [0.5, 0.6) is 0 Å². The van der Waals surface area contributed by atoms with E-state index in [1.165, 1.54) is 6.92 Å². The fraction of sp³-hybridized carbons (Fsp3) is 0.333. The molecular weight excluding hydrogens is 266 g/mol. The van der Waals surface area contributed by atoms with Gasteiger partial charge in [-0.2, -0.15) is 0 Å². The van der Waals surface area contributed by atoms with Crippen LogP contribution >= 0.6 is 11.3 Å². The first kappa shape index (κ1) is 13.4. The number of carbonyl (C=O) groups is 2. The molecule has 2 heterocycles. The molecule has 0 aliphatic carbocycles. The van der Waals surface area contributed by atoms with Crippen LogP contribution < -0.4 is 0 Å². The minimum Gasteiger partial charge on any atom is -0.476 e. The van der Waals surface area contributed by atoms with Gasteiger partial charge in [-0.05, 0) is 6.42 Å². The van der Waals surface area contributed by atoms with Crippen LogP contribution in [-0.4, -0.2) is 31.4 Å². The Morgan fingerprint density at radius 3 is 2.74 bits per heavy atom. The lowest BCUT2D eigenvalue weighted by molar-refractivity contribution is 0.0687. The summed E-state index contributed by atoms with van der Waals surface area (Å²) in [6.45, 7) is 4.15. The number of aromatic nitrogens is 3. The highest BCUT2D eigenvalue weighted by Crippen LogP contribution is 2.28. The molecule has 7 heteroatoms. The fourth-order valence-corrected chi connectivity index (χ4v) is 2.71. The van der Waals surface area contributed by atoms with Crippen molar-refractivity contribution in [2.75, 3.05) is 0 Å². The number of aryl methyl sites for hydroxylation is 1. The quantitative estimate of drug-likeness (QED) is 0.849. The number of carbonyl (C=O) groups excluding carboxylic acids is 1. The molecule has 6 nitrogen and oxygen atoms in total. The van der Waals surface area contributed by atoms with Gasteiger partial charge in [0, 0.05) is 13.5 Å². The summed E-state index contributed by atoms with van der Waals surface area (Å²) >= 11 is 1.09. The van der Waals surface area contributed by atoms with Crippen molar-refractivity contribution < 1.29 is 14.7 Å². The van der Waals surface area contributed by atoms with Gasteiger partial charge in [0.15, 0.2) is 11.5 Å². The molecule has 0 unspecified atom stereocenters. The van der Waals surface area contributed by atoms with Crippen molar-refractivity contribution in [2.45, 2.75) is 26.8 Å². The average Bonchev–Trinajstić information content (AvgIpc) is 2.94. The number of nitrogens with zero attached hydrogens (tertiary/aromatic N) is 3. The van der Waals surface area contributed by atoms with Crippen LogP contribution in [0.1, 0.15) is 40.4 Å². The van der Waals surface area contributed by atoms with Gasteiger partial charge in [-0.15, -0.1) is 11.3 Å². The predicted molar refractivity (Wildman–Crippen MR) is 70.6 cm³/mol. The van der Waals surface area contributed by atoms with Crippen LogP contribution in [0.2, 0.25) is 0 Å². The molecule has 19 heavy (non-hydrogen) atoms. The van der Waals surface area contributed by atoms with Gasteiger partial charge in [0.1, 0.15) is 9.88 Å². The number of hydrogen-bond acceptors (Lipinski definition) is 5. The third-order valence-electron chi connectivity index (χ3n) is 2.55. The average molecular weight is 279 g/mol. The Morgan fingerprint density at radius 2 is 2.21 bits per heavy atom. The number of ketones is 1. The van der Waals surface area contributed by atoms with Crippen molar-refractivity contribution in [1.29, 1.82) is 0 Å². The van der Waals surface area contributed by atoms with Crippen LogP contribution in [0.4, 0.5) is 0 Å². The number of aromatic carboxylic acids is 1. The minimum atomic E-state index is -1.19. The summed E-state index contributed by atoms with van der Waals surface area (Å²) < 4.78 is 1.90. The lowest BCUT2D eigenvalue weighted by Gasteiger charge is -2.02. The first-order chi connectivity index (χ1) is 9.04. The molecule has 0 aliphatic rings. The van der Waals surface area contributed by atoms with E-state index in [2.05, 4.69) is 9.97 Å². The van der Waals surface area contributed by atoms with E-state index in [4.69, 9.17) is 5.11 Å². The van der Waals surface area contributed by atoms with Gasteiger partial charge in [-0.25, -0.2) is 14.8 Å². The molecule has 0 saturated heterocycles. The predicted octanol–water partition coefficient (Wildman–Crippen LogP) is 2.32. The molecule has 1 N–H and O–H groups in total. The highest BCUT2D eigenvalue weighted by molar-refractivity contribution is 7.17. The molecule has 2 rings (SSSR count). The SMILES string of the molecule is CCCn1cncc1-c1nc(C(=O)O)c(C(C)=O)s1. The van der Waals surface area contributed by atoms with Gasteiger partial charge in [0.2, 0.25) is 0 Å². The third kappa shape index (κ3) is 2.55. The van der Waals surface area contributed by atoms with Gasteiger partial charge < -0.3 is 9.67 Å². The van der Waals surface area contributed by atoms with Gasteiger partial charge in [0.25, 0.3) is 0 Å². The van der Waals surface area contributed by atoms with E-state index in [1.807, 2.05) is 11.5 Å². The summed E-state index contributed by atoms with van der Waals surface area (Å²) in [5.41, 5.74) is 0.554. The smallest absolute Gasteiger partial charge is 0.356 e. The summed E-state index contributed by atoms with van der Waals surface area (Å²) in [6.07, 6.45) is 4.23. The normalized spacial score (nSPS) is 10.6. The van der Waals surface area contributed by atoms with E-state index in [1.54, 1.807) is 12.5 Å². The van der Waals surface area contributed by atoms with Crippen molar-refractivity contribution in [3.05, 3.63) is 23.1 Å². The molecule has 0 fully saturated rings. The molecule has 100 valence electrons. The van der Waals surface area contributed by atoms with Gasteiger partial charge in [-0.1, -0.05) is 6.92 Å². The van der Waals surface area contributed by atoms with Crippen molar-refractivity contribution in [1.82, 2.24) is 14.5 Å². The van der Waals surface area contributed by atoms with Crippen LogP contribution in [0.15, 0.2) is 12.5 Å². The van der Waals surface area contributed by atoms with E-state index in [9.17, 15) is 9.59 Å². The summed E-state index contributed by atoms with van der Waals surface area (Å²) in [5, 5.41) is 9.58. The summed E-state index contributed by atoms with van der Waals surface area (Å²) in [7, 11) is 0. The summed E-state index contributed by atoms with van der Waals surface area (Å²) in [6, 6.07) is 0. The summed E-state index contributed by atoms with van der Waals surface area (Å²) in [4.78, 5) is 30.8. The Labute approximate surface area is 113 Å². The van der Waals surface area contributed by atoms with Gasteiger partial charge >= 0.3 is 5.97 Å². The monoisotopic (exact) mass is 279 g/mol. The molecule has 0 bridgehead atoms. The molecule has 0 radical (unpaired) electrons. The van der Waals surface area contributed by atoms with Crippen LogP contribution in [-0.2, 0) is 6.54 Å². The van der Waals surface area contributed by atoms with Crippen LogP contribution in [0.3, 0.4) is 0 Å². The maximum Gasteiger partial charge on any atom is 0.356 e. The standard InChI is InChI=1S/C12H13N3O3S/c1-3-4-15-6-13-5-8(15)11-14-9(12(17)18)10(19-11)7(2)16/h5-6H,3-4H2,1-2H3,(H,17,18). The Bertz CT molecular complexity index is 598. The molecular formula is C12H13N3O3S. The van der Waals surface area contributed by atoms with Crippen LogP contribution in [0, 0.1) is 0 Å². The van der Waals surface area contributed by atoms with Crippen molar-refractivity contribution in [3.63, 3.8) is 0 Å². The number of imidazole rings is 1. The number of carboxylic acids is 1. The molecule has 0 saturated carbocycles. The highest BCUT2D eigenvalue weighted by atomic mass is 32.1. The molecule has 2 aromatic heterocycles. The van der Waals surface area contributed by atoms with E-state index >= 15 is 0 Å². The second-order valence-electron chi connectivity index (χ2n) is 4.03. The van der Waals surface area contributed by atoms with E-state index < -0.39 is 5.97 Å². The Balaban J connectivity index is 2.51. The fourth-order valence-electron chi connectivity index (χ4n) is 1.73. The highest BCUT2D eigenvalue weighted by Gasteiger charge is 2.22. The molecule has 2 aromatic rings. The molecule has 0 spiro atoms. The first-order valence-electron chi connectivity index (χ1n) is 5.80. The number of carboxylic acid groups (broad SMARTS) is 1. The zero-order chi connectivity index (χ0) is 14.0. The number of hydrogen-bond donors (Lipinski definition) is 1. The van der Waals surface area contributed by atoms with Gasteiger partial charge in [0.05, 0.1) is 18.2 Å². The maximum absolute atomic E-state index is 11.4. The molecule has 0 aromatic carbocycles. The molecule has 0 amide bonds. The van der Waals surface area contributed by atoms with E-state index in [-0.39, 0.29) is 16.4 Å². The number of thiazole rings is 1. The Hall–Kier alpha value is -2.02. The zero-order valence-electron chi connectivity index (χ0n) is 10.6. The first-order valence-corrected chi connectivity index (χ1v) is 6.61. The van der Waals surface area contributed by atoms with Crippen LogP contribution in [0.25, 0.3) is 10.7 Å².